The van der Waals surface area contributed by atoms with Gasteiger partial charge in [-0.05, 0) is 36.2 Å². The van der Waals surface area contributed by atoms with Crippen LogP contribution in [-0.4, -0.2) is 18.4 Å². The summed E-state index contributed by atoms with van der Waals surface area (Å²) in [5, 5.41) is 5.52. The molecule has 0 aromatic heterocycles. The Hall–Kier alpha value is -2.82. The first-order chi connectivity index (χ1) is 11.6. The van der Waals surface area contributed by atoms with Crippen molar-refractivity contribution < 1.29 is 14.3 Å². The molecule has 126 valence electrons. The van der Waals surface area contributed by atoms with Crippen LogP contribution < -0.4 is 15.4 Å². The Morgan fingerprint density at radius 1 is 0.917 bits per heavy atom. The predicted octanol–water partition coefficient (Wildman–Crippen LogP) is 3.62. The quantitative estimate of drug-likeness (QED) is 0.816. The van der Waals surface area contributed by atoms with Crippen LogP contribution in [0, 0.1) is 0 Å². The molecule has 0 saturated carbocycles. The summed E-state index contributed by atoms with van der Waals surface area (Å²) in [5.74, 6) is 0.400. The van der Waals surface area contributed by atoms with Gasteiger partial charge in [0.25, 0.3) is 5.91 Å². The van der Waals surface area contributed by atoms with Crippen molar-refractivity contribution in [1.82, 2.24) is 0 Å². The largest absolute Gasteiger partial charge is 0.483 e. The Morgan fingerprint density at radius 2 is 1.58 bits per heavy atom. The van der Waals surface area contributed by atoms with E-state index in [1.54, 1.807) is 31.2 Å². The molecule has 0 fully saturated rings. The van der Waals surface area contributed by atoms with E-state index in [2.05, 4.69) is 10.6 Å². The summed E-state index contributed by atoms with van der Waals surface area (Å²) in [6.45, 7) is 3.76. The normalized spacial score (nSPS) is 10.1. The zero-order valence-electron chi connectivity index (χ0n) is 14.0. The van der Waals surface area contributed by atoms with Crippen molar-refractivity contribution in [2.75, 3.05) is 17.2 Å². The molecule has 5 heteroatoms. The van der Waals surface area contributed by atoms with Crippen molar-refractivity contribution in [2.45, 2.75) is 26.7 Å². The minimum Gasteiger partial charge on any atom is -0.483 e. The number of ether oxygens (including phenoxy) is 1. The molecule has 0 aliphatic carbocycles. The predicted molar refractivity (Wildman–Crippen MR) is 95.3 cm³/mol. The highest BCUT2D eigenvalue weighted by Gasteiger charge is 2.07. The maximum Gasteiger partial charge on any atom is 0.262 e. The first kappa shape index (κ1) is 17.5. The van der Waals surface area contributed by atoms with Crippen LogP contribution in [-0.2, 0) is 16.0 Å². The van der Waals surface area contributed by atoms with E-state index in [1.165, 1.54) is 0 Å². The highest BCUT2D eigenvalue weighted by molar-refractivity contribution is 5.94. The molecule has 2 amide bonds. The number of carbonyl (C=O) groups excluding carboxylic acids is 2. The summed E-state index contributed by atoms with van der Waals surface area (Å²) in [6, 6.07) is 14.7. The van der Waals surface area contributed by atoms with Gasteiger partial charge in [0.05, 0.1) is 0 Å². The molecular formula is C19H22N2O3. The lowest BCUT2D eigenvalue weighted by molar-refractivity contribution is -0.118. The molecule has 2 aromatic rings. The maximum absolute atomic E-state index is 12.1. The Bertz CT molecular complexity index is 713. The van der Waals surface area contributed by atoms with E-state index in [0.29, 0.717) is 17.8 Å². The van der Waals surface area contributed by atoms with E-state index in [9.17, 15) is 9.59 Å². The van der Waals surface area contributed by atoms with Crippen LogP contribution in [0.4, 0.5) is 11.4 Å². The van der Waals surface area contributed by atoms with Gasteiger partial charge in [0, 0.05) is 17.8 Å². The topological polar surface area (TPSA) is 67.4 Å². The van der Waals surface area contributed by atoms with Gasteiger partial charge in [0.2, 0.25) is 5.91 Å². The van der Waals surface area contributed by atoms with E-state index >= 15 is 0 Å². The second-order valence-corrected chi connectivity index (χ2v) is 5.28. The number of hydrogen-bond donors (Lipinski definition) is 2. The fourth-order valence-electron chi connectivity index (χ4n) is 2.20. The van der Waals surface area contributed by atoms with Crippen LogP contribution in [0.25, 0.3) is 0 Å². The number of benzene rings is 2. The summed E-state index contributed by atoms with van der Waals surface area (Å²) < 4.78 is 5.59. The van der Waals surface area contributed by atoms with Gasteiger partial charge in [-0.3, -0.25) is 9.59 Å². The second-order valence-electron chi connectivity index (χ2n) is 5.28. The number of aryl methyl sites for hydroxylation is 1. The first-order valence-electron chi connectivity index (χ1n) is 8.02. The van der Waals surface area contributed by atoms with E-state index in [4.69, 9.17) is 4.74 Å². The Labute approximate surface area is 142 Å². The standard InChI is InChI=1S/C19H22N2O3/c1-3-14-8-5-6-11-17(14)24-13-19(23)21-16-10-7-9-15(12-16)20-18(22)4-2/h5-12H,3-4,13H2,1-2H3,(H,20,22)(H,21,23). The second kappa shape index (κ2) is 8.72. The average molecular weight is 326 g/mol. The lowest BCUT2D eigenvalue weighted by atomic mass is 10.1. The van der Waals surface area contributed by atoms with E-state index in [1.807, 2.05) is 31.2 Å². The zero-order valence-corrected chi connectivity index (χ0v) is 14.0. The molecule has 24 heavy (non-hydrogen) atoms. The van der Waals surface area contributed by atoms with Gasteiger partial charge < -0.3 is 15.4 Å². The molecule has 0 atom stereocenters. The minimum atomic E-state index is -0.250. The van der Waals surface area contributed by atoms with Crippen LogP contribution in [0.3, 0.4) is 0 Å². The Kier molecular flexibility index (Phi) is 6.37. The third kappa shape index (κ3) is 5.12. The summed E-state index contributed by atoms with van der Waals surface area (Å²) >= 11 is 0. The molecule has 0 radical (unpaired) electrons. The molecule has 0 aliphatic heterocycles. The van der Waals surface area contributed by atoms with Crippen molar-refractivity contribution in [3.63, 3.8) is 0 Å². The lowest BCUT2D eigenvalue weighted by Crippen LogP contribution is -2.20. The number of hydrogen-bond acceptors (Lipinski definition) is 3. The van der Waals surface area contributed by atoms with Gasteiger partial charge in [-0.15, -0.1) is 0 Å². The molecule has 0 spiro atoms. The van der Waals surface area contributed by atoms with Crippen molar-refractivity contribution in [3.8, 4) is 5.75 Å². The number of amides is 2. The highest BCUT2D eigenvalue weighted by atomic mass is 16.5. The average Bonchev–Trinajstić information content (AvgIpc) is 2.60. The molecule has 2 rings (SSSR count). The SMILES string of the molecule is CCC(=O)Nc1cccc(NC(=O)COc2ccccc2CC)c1. The van der Waals surface area contributed by atoms with Crippen LogP contribution in [0.15, 0.2) is 48.5 Å². The number of carbonyl (C=O) groups is 2. The molecule has 0 saturated heterocycles. The van der Waals surface area contributed by atoms with Crippen molar-refractivity contribution in [2.24, 2.45) is 0 Å². The van der Waals surface area contributed by atoms with Crippen LogP contribution >= 0.6 is 0 Å². The summed E-state index contributed by atoms with van der Waals surface area (Å²) in [6.07, 6.45) is 1.25. The third-order valence-electron chi connectivity index (χ3n) is 3.46. The number of para-hydroxylation sites is 1. The fraction of sp³-hybridized carbons (Fsp3) is 0.263. The molecule has 2 aromatic carbocycles. The Morgan fingerprint density at radius 3 is 2.25 bits per heavy atom. The van der Waals surface area contributed by atoms with Crippen LogP contribution in [0.2, 0.25) is 0 Å². The van der Waals surface area contributed by atoms with Gasteiger partial charge >= 0.3 is 0 Å². The maximum atomic E-state index is 12.1. The summed E-state index contributed by atoms with van der Waals surface area (Å²) in [7, 11) is 0. The molecule has 5 nitrogen and oxygen atoms in total. The molecule has 0 unspecified atom stereocenters. The molecule has 2 N–H and O–H groups in total. The minimum absolute atomic E-state index is 0.0669. The van der Waals surface area contributed by atoms with Crippen molar-refractivity contribution >= 4 is 23.2 Å². The van der Waals surface area contributed by atoms with Crippen LogP contribution in [0.5, 0.6) is 5.75 Å². The van der Waals surface area contributed by atoms with Crippen molar-refractivity contribution in [3.05, 3.63) is 54.1 Å². The fourth-order valence-corrected chi connectivity index (χ4v) is 2.20. The molecule has 0 heterocycles. The Balaban J connectivity index is 1.92. The number of anilines is 2. The smallest absolute Gasteiger partial charge is 0.262 e. The third-order valence-corrected chi connectivity index (χ3v) is 3.46. The van der Waals surface area contributed by atoms with E-state index in [0.717, 1.165) is 17.7 Å². The van der Waals surface area contributed by atoms with Gasteiger partial charge in [-0.2, -0.15) is 0 Å². The van der Waals surface area contributed by atoms with Gasteiger partial charge in [0.1, 0.15) is 5.75 Å². The molecule has 0 bridgehead atoms. The van der Waals surface area contributed by atoms with Gasteiger partial charge in [0.15, 0.2) is 6.61 Å². The molecule has 0 aliphatic rings. The monoisotopic (exact) mass is 326 g/mol. The van der Waals surface area contributed by atoms with Gasteiger partial charge in [-0.1, -0.05) is 38.1 Å². The number of rotatable bonds is 7. The lowest BCUT2D eigenvalue weighted by Gasteiger charge is -2.11. The highest BCUT2D eigenvalue weighted by Crippen LogP contribution is 2.19. The van der Waals surface area contributed by atoms with Gasteiger partial charge in [-0.25, -0.2) is 0 Å². The first-order valence-corrected chi connectivity index (χ1v) is 8.02. The molecular weight excluding hydrogens is 304 g/mol. The van der Waals surface area contributed by atoms with Crippen LogP contribution in [0.1, 0.15) is 25.8 Å². The van der Waals surface area contributed by atoms with Crippen molar-refractivity contribution in [1.29, 1.82) is 0 Å². The zero-order chi connectivity index (χ0) is 17.4. The van der Waals surface area contributed by atoms with E-state index in [-0.39, 0.29) is 18.4 Å². The van der Waals surface area contributed by atoms with E-state index < -0.39 is 0 Å². The number of nitrogens with one attached hydrogen (secondary N) is 2. The summed E-state index contributed by atoms with van der Waals surface area (Å²) in [4.78, 5) is 23.5. The summed E-state index contributed by atoms with van der Waals surface area (Å²) in [5.41, 5.74) is 2.33.